The van der Waals surface area contributed by atoms with Crippen molar-refractivity contribution in [2.75, 3.05) is 6.54 Å². The lowest BCUT2D eigenvalue weighted by atomic mass is 10.1. The van der Waals surface area contributed by atoms with Gasteiger partial charge in [-0.15, -0.1) is 10.2 Å². The molecule has 0 saturated carbocycles. The Bertz CT molecular complexity index is 566. The molecule has 0 aliphatic rings. The molecule has 2 aromatic rings. The standard InChI is InChI=1S/C14H19N3O3S/c1-9(2)11(18)7-15-12(19)3-4-13-16-17-14(20-13)10-5-6-21-8-10/h5-6,8-9,11,18H,3-4,7H2,1-2H3,(H,15,19). The number of rotatable bonds is 7. The number of aliphatic hydroxyl groups excluding tert-OH is 1. The molecule has 0 fully saturated rings. The lowest BCUT2D eigenvalue weighted by Gasteiger charge is -2.14. The fourth-order valence-corrected chi connectivity index (χ4v) is 2.25. The quantitative estimate of drug-likeness (QED) is 0.815. The van der Waals surface area contributed by atoms with Crippen molar-refractivity contribution in [1.29, 1.82) is 0 Å². The fourth-order valence-electron chi connectivity index (χ4n) is 1.62. The summed E-state index contributed by atoms with van der Waals surface area (Å²) < 4.78 is 5.50. The van der Waals surface area contributed by atoms with Crippen LogP contribution in [0.2, 0.25) is 0 Å². The number of aliphatic hydroxyl groups is 1. The second-order valence-corrected chi connectivity index (χ2v) is 5.91. The number of hydrogen-bond donors (Lipinski definition) is 2. The van der Waals surface area contributed by atoms with E-state index < -0.39 is 6.10 Å². The van der Waals surface area contributed by atoms with Crippen LogP contribution in [0.3, 0.4) is 0 Å². The highest BCUT2D eigenvalue weighted by Gasteiger charge is 2.13. The van der Waals surface area contributed by atoms with Crippen LogP contribution in [0.5, 0.6) is 0 Å². The van der Waals surface area contributed by atoms with Crippen molar-refractivity contribution in [1.82, 2.24) is 15.5 Å². The highest BCUT2D eigenvalue weighted by atomic mass is 32.1. The van der Waals surface area contributed by atoms with E-state index in [1.54, 1.807) is 11.3 Å². The zero-order valence-electron chi connectivity index (χ0n) is 12.1. The molecule has 2 N–H and O–H groups in total. The number of thiophene rings is 1. The van der Waals surface area contributed by atoms with Crippen LogP contribution >= 0.6 is 11.3 Å². The zero-order chi connectivity index (χ0) is 15.2. The largest absolute Gasteiger partial charge is 0.421 e. The minimum absolute atomic E-state index is 0.120. The second kappa shape index (κ2) is 7.33. The summed E-state index contributed by atoms with van der Waals surface area (Å²) in [6.07, 6.45) is 0.124. The highest BCUT2D eigenvalue weighted by Crippen LogP contribution is 2.20. The van der Waals surface area contributed by atoms with Crippen molar-refractivity contribution in [3.8, 4) is 11.5 Å². The number of aromatic nitrogens is 2. The van der Waals surface area contributed by atoms with Gasteiger partial charge in [0.05, 0.1) is 6.10 Å². The Labute approximate surface area is 127 Å². The Morgan fingerprint density at radius 1 is 1.48 bits per heavy atom. The van der Waals surface area contributed by atoms with Gasteiger partial charge in [-0.3, -0.25) is 4.79 Å². The van der Waals surface area contributed by atoms with E-state index in [2.05, 4.69) is 15.5 Å². The van der Waals surface area contributed by atoms with Gasteiger partial charge >= 0.3 is 0 Å². The predicted molar refractivity (Wildman–Crippen MR) is 79.8 cm³/mol. The summed E-state index contributed by atoms with van der Waals surface area (Å²) in [7, 11) is 0. The van der Waals surface area contributed by atoms with E-state index in [1.807, 2.05) is 30.7 Å². The molecule has 2 rings (SSSR count). The first-order chi connectivity index (χ1) is 10.1. The lowest BCUT2D eigenvalue weighted by molar-refractivity contribution is -0.121. The van der Waals surface area contributed by atoms with Gasteiger partial charge in [0.25, 0.3) is 0 Å². The molecule has 0 bridgehead atoms. The molecule has 6 nitrogen and oxygen atoms in total. The van der Waals surface area contributed by atoms with Crippen LogP contribution < -0.4 is 5.32 Å². The van der Waals surface area contributed by atoms with E-state index in [4.69, 9.17) is 4.42 Å². The molecule has 2 heterocycles. The van der Waals surface area contributed by atoms with E-state index in [0.717, 1.165) is 5.56 Å². The number of amides is 1. The summed E-state index contributed by atoms with van der Waals surface area (Å²) in [5.41, 5.74) is 0.892. The molecule has 1 amide bonds. The third-order valence-corrected chi connectivity index (χ3v) is 3.76. The van der Waals surface area contributed by atoms with E-state index in [-0.39, 0.29) is 24.8 Å². The Hall–Kier alpha value is -1.73. The molecule has 0 aliphatic heterocycles. The van der Waals surface area contributed by atoms with Gasteiger partial charge in [0.1, 0.15) is 0 Å². The number of nitrogens with zero attached hydrogens (tertiary/aromatic N) is 2. The maximum absolute atomic E-state index is 11.7. The lowest BCUT2D eigenvalue weighted by Crippen LogP contribution is -2.34. The van der Waals surface area contributed by atoms with Crippen LogP contribution in [0.1, 0.15) is 26.2 Å². The van der Waals surface area contributed by atoms with Gasteiger partial charge in [0.2, 0.25) is 17.7 Å². The van der Waals surface area contributed by atoms with E-state index in [0.29, 0.717) is 18.2 Å². The third-order valence-electron chi connectivity index (χ3n) is 3.08. The molecule has 1 atom stereocenters. The molecule has 2 aromatic heterocycles. The van der Waals surface area contributed by atoms with Gasteiger partial charge in [-0.25, -0.2) is 0 Å². The Kier molecular flexibility index (Phi) is 5.46. The molecule has 0 spiro atoms. The topological polar surface area (TPSA) is 88.2 Å². The third kappa shape index (κ3) is 4.64. The summed E-state index contributed by atoms with van der Waals surface area (Å²) >= 11 is 1.56. The van der Waals surface area contributed by atoms with Crippen molar-refractivity contribution in [3.05, 3.63) is 22.7 Å². The van der Waals surface area contributed by atoms with E-state index in [9.17, 15) is 9.90 Å². The van der Waals surface area contributed by atoms with Crippen LogP contribution in [0.15, 0.2) is 21.2 Å². The van der Waals surface area contributed by atoms with Crippen LogP contribution in [0.4, 0.5) is 0 Å². The first-order valence-electron chi connectivity index (χ1n) is 6.86. The molecule has 0 radical (unpaired) electrons. The second-order valence-electron chi connectivity index (χ2n) is 5.13. The molecular weight excluding hydrogens is 290 g/mol. The number of carbonyl (C=O) groups is 1. The molecular formula is C14H19N3O3S. The molecule has 0 aromatic carbocycles. The van der Waals surface area contributed by atoms with Gasteiger partial charge in [0, 0.05) is 30.3 Å². The smallest absolute Gasteiger partial charge is 0.248 e. The van der Waals surface area contributed by atoms with E-state index >= 15 is 0 Å². The monoisotopic (exact) mass is 309 g/mol. The Morgan fingerprint density at radius 3 is 2.95 bits per heavy atom. The van der Waals surface area contributed by atoms with Gasteiger partial charge < -0.3 is 14.8 Å². The molecule has 114 valence electrons. The van der Waals surface area contributed by atoms with Crippen molar-refractivity contribution in [2.24, 2.45) is 5.92 Å². The zero-order valence-corrected chi connectivity index (χ0v) is 12.9. The van der Waals surface area contributed by atoms with E-state index in [1.165, 1.54) is 0 Å². The van der Waals surface area contributed by atoms with Crippen LogP contribution in [0, 0.1) is 5.92 Å². The number of carbonyl (C=O) groups excluding carboxylic acids is 1. The summed E-state index contributed by atoms with van der Waals surface area (Å²) in [5, 5.41) is 24.0. The molecule has 1 unspecified atom stereocenters. The SMILES string of the molecule is CC(C)C(O)CNC(=O)CCc1nnc(-c2ccsc2)o1. The number of hydrogen-bond acceptors (Lipinski definition) is 6. The number of nitrogens with one attached hydrogen (secondary N) is 1. The molecule has 7 heteroatoms. The maximum Gasteiger partial charge on any atom is 0.248 e. The van der Waals surface area contributed by atoms with Crippen molar-refractivity contribution in [3.63, 3.8) is 0 Å². The highest BCUT2D eigenvalue weighted by molar-refractivity contribution is 7.08. The van der Waals surface area contributed by atoms with Gasteiger partial charge in [0.15, 0.2) is 0 Å². The van der Waals surface area contributed by atoms with Gasteiger partial charge in [-0.1, -0.05) is 13.8 Å². The summed E-state index contributed by atoms with van der Waals surface area (Å²) in [6, 6.07) is 1.90. The summed E-state index contributed by atoms with van der Waals surface area (Å²) in [4.78, 5) is 11.7. The predicted octanol–water partition coefficient (Wildman–Crippen LogP) is 1.86. The first-order valence-corrected chi connectivity index (χ1v) is 7.80. The van der Waals surface area contributed by atoms with Crippen LogP contribution in [-0.2, 0) is 11.2 Å². The van der Waals surface area contributed by atoms with Crippen molar-refractivity contribution < 1.29 is 14.3 Å². The maximum atomic E-state index is 11.7. The average molecular weight is 309 g/mol. The average Bonchev–Trinajstić information content (AvgIpc) is 3.12. The molecule has 0 aliphatic carbocycles. The minimum Gasteiger partial charge on any atom is -0.421 e. The van der Waals surface area contributed by atoms with Gasteiger partial charge in [-0.2, -0.15) is 11.3 Å². The van der Waals surface area contributed by atoms with Crippen LogP contribution in [-0.4, -0.2) is 33.9 Å². The fraction of sp³-hybridized carbons (Fsp3) is 0.500. The Balaban J connectivity index is 1.77. The van der Waals surface area contributed by atoms with Crippen LogP contribution in [0.25, 0.3) is 11.5 Å². The number of aryl methyl sites for hydroxylation is 1. The first kappa shape index (κ1) is 15.7. The molecule has 0 saturated heterocycles. The Morgan fingerprint density at radius 2 is 2.29 bits per heavy atom. The van der Waals surface area contributed by atoms with Crippen molar-refractivity contribution >= 4 is 17.2 Å². The van der Waals surface area contributed by atoms with Gasteiger partial charge in [-0.05, 0) is 17.4 Å². The molecule has 21 heavy (non-hydrogen) atoms. The van der Waals surface area contributed by atoms with Crippen molar-refractivity contribution in [2.45, 2.75) is 32.8 Å². The summed E-state index contributed by atoms with van der Waals surface area (Å²) in [5.74, 6) is 0.900. The summed E-state index contributed by atoms with van der Waals surface area (Å²) in [6.45, 7) is 4.07. The minimum atomic E-state index is -0.525. The normalized spacial score (nSPS) is 12.6.